The van der Waals surface area contributed by atoms with E-state index in [-0.39, 0.29) is 0 Å². The number of benzene rings is 3. The zero-order chi connectivity index (χ0) is 19.5. The lowest BCUT2D eigenvalue weighted by Gasteiger charge is -2.09. The number of pyridine rings is 1. The van der Waals surface area contributed by atoms with E-state index in [1.807, 2.05) is 36.4 Å². The van der Waals surface area contributed by atoms with Crippen LogP contribution in [-0.4, -0.2) is 21.3 Å². The topological polar surface area (TPSA) is 31.6 Å². The lowest BCUT2D eigenvalue weighted by atomic mass is 10.1. The summed E-state index contributed by atoms with van der Waals surface area (Å²) >= 11 is 0. The Kier molecular flexibility index (Phi) is 4.85. The summed E-state index contributed by atoms with van der Waals surface area (Å²) in [6.45, 7) is 0. The third-order valence-corrected chi connectivity index (χ3v) is 4.85. The van der Waals surface area contributed by atoms with Crippen molar-refractivity contribution in [3.8, 4) is 34.2 Å². The van der Waals surface area contributed by atoms with Gasteiger partial charge in [-0.3, -0.25) is 0 Å². The number of methoxy groups -OCH3 is 3. The maximum absolute atomic E-state index is 5.40. The van der Waals surface area contributed by atoms with Gasteiger partial charge in [-0.25, -0.2) is 0 Å². The van der Waals surface area contributed by atoms with E-state index in [4.69, 9.17) is 14.2 Å². The van der Waals surface area contributed by atoms with Gasteiger partial charge in [0.05, 0.1) is 26.7 Å². The predicted octanol–water partition coefficient (Wildman–Crippen LogP) is 4.81. The first kappa shape index (κ1) is 17.9. The molecule has 0 saturated heterocycles. The van der Waals surface area contributed by atoms with E-state index in [1.54, 1.807) is 21.3 Å². The van der Waals surface area contributed by atoms with Crippen molar-refractivity contribution in [2.75, 3.05) is 21.3 Å². The summed E-state index contributed by atoms with van der Waals surface area (Å²) in [5, 5.41) is 1.10. The van der Waals surface area contributed by atoms with Crippen LogP contribution < -0.4 is 18.8 Å². The van der Waals surface area contributed by atoms with Gasteiger partial charge in [0.15, 0.2) is 0 Å². The van der Waals surface area contributed by atoms with Crippen molar-refractivity contribution in [2.45, 2.75) is 0 Å². The first-order valence-corrected chi connectivity index (χ1v) is 9.05. The van der Waals surface area contributed by atoms with Crippen molar-refractivity contribution >= 4 is 10.9 Å². The Morgan fingerprint density at radius 3 is 1.75 bits per heavy atom. The highest BCUT2D eigenvalue weighted by Crippen LogP contribution is 2.26. The van der Waals surface area contributed by atoms with E-state index in [2.05, 4.69) is 47.0 Å². The summed E-state index contributed by atoms with van der Waals surface area (Å²) in [5.41, 5.74) is 4.35. The number of hydrogen-bond donors (Lipinski definition) is 0. The van der Waals surface area contributed by atoms with Gasteiger partial charge in [-0.2, -0.15) is 4.57 Å². The van der Waals surface area contributed by atoms with Gasteiger partial charge in [0, 0.05) is 29.8 Å². The van der Waals surface area contributed by atoms with Crippen LogP contribution in [0.3, 0.4) is 0 Å². The van der Waals surface area contributed by atoms with Crippen LogP contribution in [0.1, 0.15) is 0 Å². The van der Waals surface area contributed by atoms with Gasteiger partial charge in [0.1, 0.15) is 17.2 Å². The molecule has 1 heterocycles. The molecule has 0 aliphatic carbocycles. The lowest BCUT2D eigenvalue weighted by molar-refractivity contribution is -0.555. The van der Waals surface area contributed by atoms with Gasteiger partial charge >= 0.3 is 0 Å². The van der Waals surface area contributed by atoms with Crippen molar-refractivity contribution in [1.29, 1.82) is 0 Å². The minimum absolute atomic E-state index is 0.831. The molecular weight excluding hydrogens is 350 g/mol. The van der Waals surface area contributed by atoms with E-state index >= 15 is 0 Å². The first-order valence-electron chi connectivity index (χ1n) is 9.05. The standard InChI is InChI=1S/C24H22NO3/c1-26-20-9-4-17(5-10-20)23-14-6-18-16-22(28-3)13-15-24(18)25(23)19-7-11-21(27-2)12-8-19/h4-16H,1-3H3/q+1. The van der Waals surface area contributed by atoms with Gasteiger partial charge in [-0.05, 0) is 54.6 Å². The number of hydrogen-bond acceptors (Lipinski definition) is 3. The highest BCUT2D eigenvalue weighted by atomic mass is 16.5. The highest BCUT2D eigenvalue weighted by molar-refractivity contribution is 5.80. The van der Waals surface area contributed by atoms with Crippen molar-refractivity contribution in [3.05, 3.63) is 78.9 Å². The molecule has 0 spiro atoms. The fourth-order valence-electron chi connectivity index (χ4n) is 3.37. The molecule has 0 atom stereocenters. The van der Waals surface area contributed by atoms with Crippen molar-refractivity contribution in [3.63, 3.8) is 0 Å². The zero-order valence-electron chi connectivity index (χ0n) is 16.2. The minimum Gasteiger partial charge on any atom is -0.497 e. The SMILES string of the molecule is COc1ccc(-c2ccc3cc(OC)ccc3[n+]2-c2ccc(OC)cc2)cc1. The fourth-order valence-corrected chi connectivity index (χ4v) is 3.37. The normalized spacial score (nSPS) is 10.7. The second-order valence-corrected chi connectivity index (χ2v) is 6.41. The summed E-state index contributed by atoms with van der Waals surface area (Å²) in [7, 11) is 5.04. The monoisotopic (exact) mass is 372 g/mol. The molecule has 4 aromatic rings. The van der Waals surface area contributed by atoms with Gasteiger partial charge in [0.2, 0.25) is 16.9 Å². The maximum Gasteiger partial charge on any atom is 0.219 e. The van der Waals surface area contributed by atoms with Gasteiger partial charge in [-0.15, -0.1) is 0 Å². The molecule has 4 nitrogen and oxygen atoms in total. The average Bonchev–Trinajstić information content (AvgIpc) is 2.78. The molecule has 0 bridgehead atoms. The highest BCUT2D eigenvalue weighted by Gasteiger charge is 2.21. The molecular formula is C24H22NO3+. The Labute approximate surface area is 164 Å². The number of ether oxygens (including phenoxy) is 3. The summed E-state index contributed by atoms with van der Waals surface area (Å²) in [6, 6.07) is 26.6. The summed E-state index contributed by atoms with van der Waals surface area (Å²) in [5.74, 6) is 2.51. The summed E-state index contributed by atoms with van der Waals surface area (Å²) in [4.78, 5) is 0. The number of fused-ring (bicyclic) bond motifs is 1. The largest absolute Gasteiger partial charge is 0.497 e. The second-order valence-electron chi connectivity index (χ2n) is 6.41. The van der Waals surface area contributed by atoms with Crippen LogP contribution in [0.15, 0.2) is 78.9 Å². The number of rotatable bonds is 5. The molecule has 0 amide bonds. The van der Waals surface area contributed by atoms with Crippen molar-refractivity contribution in [2.24, 2.45) is 0 Å². The van der Waals surface area contributed by atoms with Gasteiger partial charge < -0.3 is 14.2 Å². The molecule has 1 aromatic heterocycles. The van der Waals surface area contributed by atoms with Crippen molar-refractivity contribution < 1.29 is 18.8 Å². The van der Waals surface area contributed by atoms with Crippen LogP contribution in [0.2, 0.25) is 0 Å². The Morgan fingerprint density at radius 1 is 0.571 bits per heavy atom. The smallest absolute Gasteiger partial charge is 0.219 e. The number of nitrogens with zero attached hydrogens (tertiary/aromatic N) is 1. The average molecular weight is 372 g/mol. The maximum atomic E-state index is 5.40. The molecule has 0 aliphatic rings. The second kappa shape index (κ2) is 7.61. The van der Waals surface area contributed by atoms with Crippen molar-refractivity contribution in [1.82, 2.24) is 0 Å². The molecule has 28 heavy (non-hydrogen) atoms. The quantitative estimate of drug-likeness (QED) is 0.471. The van der Waals surface area contributed by atoms with E-state index in [1.165, 1.54) is 0 Å². The van der Waals surface area contributed by atoms with E-state index in [0.717, 1.165) is 45.1 Å². The Morgan fingerprint density at radius 2 is 1.14 bits per heavy atom. The van der Waals surface area contributed by atoms with E-state index < -0.39 is 0 Å². The zero-order valence-corrected chi connectivity index (χ0v) is 16.2. The summed E-state index contributed by atoms with van der Waals surface area (Å²) in [6.07, 6.45) is 0. The Balaban J connectivity index is 1.97. The van der Waals surface area contributed by atoms with Crippen LogP contribution in [0, 0.1) is 0 Å². The third-order valence-electron chi connectivity index (χ3n) is 4.85. The minimum atomic E-state index is 0.831. The molecule has 0 N–H and O–H groups in total. The van der Waals surface area contributed by atoms with Crippen LogP contribution in [0.4, 0.5) is 0 Å². The lowest BCUT2D eigenvalue weighted by Crippen LogP contribution is -2.34. The number of aromatic nitrogens is 1. The van der Waals surface area contributed by atoms with Crippen LogP contribution >= 0.6 is 0 Å². The predicted molar refractivity (Wildman–Crippen MR) is 111 cm³/mol. The molecule has 4 heteroatoms. The molecule has 0 aliphatic heterocycles. The molecule has 0 saturated carbocycles. The molecule has 4 rings (SSSR count). The summed E-state index contributed by atoms with van der Waals surface area (Å²) < 4.78 is 18.3. The third kappa shape index (κ3) is 3.25. The Hall–Kier alpha value is -3.53. The molecule has 0 unspecified atom stereocenters. The van der Waals surface area contributed by atoms with Crippen LogP contribution in [0.25, 0.3) is 27.8 Å². The van der Waals surface area contributed by atoms with Crippen LogP contribution in [0.5, 0.6) is 17.2 Å². The van der Waals surface area contributed by atoms with Gasteiger partial charge in [0.25, 0.3) is 0 Å². The van der Waals surface area contributed by atoms with Crippen LogP contribution in [-0.2, 0) is 0 Å². The van der Waals surface area contributed by atoms with Gasteiger partial charge in [-0.1, -0.05) is 0 Å². The molecule has 0 fully saturated rings. The molecule has 3 aromatic carbocycles. The first-order chi connectivity index (χ1) is 13.7. The van der Waals surface area contributed by atoms with E-state index in [9.17, 15) is 0 Å². The molecule has 0 radical (unpaired) electrons. The molecule has 140 valence electrons. The Bertz CT molecular complexity index is 1100. The fraction of sp³-hybridized carbons (Fsp3) is 0.125. The van der Waals surface area contributed by atoms with E-state index in [0.29, 0.717) is 0 Å².